The quantitative estimate of drug-likeness (QED) is 0.550. The number of carbonyl (C=O) groups excluding carboxylic acids is 2. The average molecular weight is 452 g/mol. The van der Waals surface area contributed by atoms with E-state index < -0.39 is 22.5 Å². The van der Waals surface area contributed by atoms with E-state index in [4.69, 9.17) is 0 Å². The number of nitrogens with zero attached hydrogens (tertiary/aromatic N) is 1. The smallest absolute Gasteiger partial charge is 0.253 e. The van der Waals surface area contributed by atoms with Gasteiger partial charge < -0.3 is 10.6 Å². The summed E-state index contributed by atoms with van der Waals surface area (Å²) in [5.74, 6) is -0.891. The molecule has 0 fully saturated rings. The van der Waals surface area contributed by atoms with Crippen LogP contribution in [-0.2, 0) is 21.4 Å². The van der Waals surface area contributed by atoms with Gasteiger partial charge in [-0.3, -0.25) is 9.59 Å². The number of aryl methyl sites for hydroxylation is 1. The Labute approximate surface area is 188 Å². The van der Waals surface area contributed by atoms with E-state index in [1.165, 1.54) is 19.2 Å². The van der Waals surface area contributed by atoms with Crippen molar-refractivity contribution >= 4 is 27.5 Å². The van der Waals surface area contributed by atoms with Gasteiger partial charge in [-0.05, 0) is 36.8 Å². The monoisotopic (exact) mass is 451 g/mol. The molecule has 0 aliphatic carbocycles. The summed E-state index contributed by atoms with van der Waals surface area (Å²) < 4.78 is 26.2. The summed E-state index contributed by atoms with van der Waals surface area (Å²) in [7, 11) is -2.47. The molecule has 2 N–H and O–H groups in total. The van der Waals surface area contributed by atoms with Crippen molar-refractivity contribution < 1.29 is 18.0 Å². The van der Waals surface area contributed by atoms with Gasteiger partial charge in [-0.1, -0.05) is 60.2 Å². The first-order chi connectivity index (χ1) is 15.3. The fourth-order valence-electron chi connectivity index (χ4n) is 3.02. The number of rotatable bonds is 8. The highest BCUT2D eigenvalue weighted by molar-refractivity contribution is 7.89. The van der Waals surface area contributed by atoms with Gasteiger partial charge in [0.25, 0.3) is 5.91 Å². The Hall–Kier alpha value is -3.49. The minimum Gasteiger partial charge on any atom is -0.348 e. The SMILES string of the molecule is Cc1ccc(CNC(=O)c2ccccc2NC(=O)CN(C)S(=O)(=O)c2ccccc2)cc1. The van der Waals surface area contributed by atoms with E-state index >= 15 is 0 Å². The number of sulfonamides is 1. The van der Waals surface area contributed by atoms with Gasteiger partial charge in [-0.25, -0.2) is 8.42 Å². The molecule has 0 saturated heterocycles. The van der Waals surface area contributed by atoms with E-state index in [1.807, 2.05) is 31.2 Å². The van der Waals surface area contributed by atoms with Crippen molar-refractivity contribution in [3.8, 4) is 0 Å². The fourth-order valence-corrected chi connectivity index (χ4v) is 4.17. The first kappa shape index (κ1) is 23.2. The largest absolute Gasteiger partial charge is 0.348 e. The maximum absolute atomic E-state index is 12.7. The lowest BCUT2D eigenvalue weighted by molar-refractivity contribution is -0.116. The number of carbonyl (C=O) groups is 2. The molecule has 0 heterocycles. The standard InChI is InChI=1S/C24H25N3O4S/c1-18-12-14-19(15-13-18)16-25-24(29)21-10-6-7-11-22(21)26-23(28)17-27(2)32(30,31)20-8-4-3-5-9-20/h3-15H,16-17H2,1-2H3,(H,25,29)(H,26,28). The third kappa shape index (κ3) is 5.81. The Morgan fingerprint density at radius 3 is 2.19 bits per heavy atom. The fraction of sp³-hybridized carbons (Fsp3) is 0.167. The van der Waals surface area contributed by atoms with Gasteiger partial charge in [0, 0.05) is 13.6 Å². The van der Waals surface area contributed by atoms with Crippen LogP contribution in [0.1, 0.15) is 21.5 Å². The molecule has 0 saturated carbocycles. The minimum absolute atomic E-state index is 0.103. The molecule has 0 bridgehead atoms. The third-order valence-electron chi connectivity index (χ3n) is 4.84. The van der Waals surface area contributed by atoms with Gasteiger partial charge in [0.05, 0.1) is 22.7 Å². The average Bonchev–Trinajstić information content (AvgIpc) is 2.79. The number of para-hydroxylation sites is 1. The lowest BCUT2D eigenvalue weighted by Crippen LogP contribution is -2.35. The lowest BCUT2D eigenvalue weighted by atomic mass is 10.1. The first-order valence-electron chi connectivity index (χ1n) is 10.0. The molecular weight excluding hydrogens is 426 g/mol. The van der Waals surface area contributed by atoms with Crippen molar-refractivity contribution in [3.05, 3.63) is 95.6 Å². The zero-order chi connectivity index (χ0) is 23.1. The minimum atomic E-state index is -3.80. The van der Waals surface area contributed by atoms with Crippen molar-refractivity contribution in [2.24, 2.45) is 0 Å². The van der Waals surface area contributed by atoms with Crippen molar-refractivity contribution in [2.75, 3.05) is 18.9 Å². The van der Waals surface area contributed by atoms with Crippen LogP contribution >= 0.6 is 0 Å². The number of hydrogen-bond acceptors (Lipinski definition) is 4. The van der Waals surface area contributed by atoms with Gasteiger partial charge in [0.15, 0.2) is 0 Å². The molecule has 32 heavy (non-hydrogen) atoms. The van der Waals surface area contributed by atoms with E-state index in [9.17, 15) is 18.0 Å². The molecule has 8 heteroatoms. The second kappa shape index (κ2) is 10.2. The van der Waals surface area contributed by atoms with E-state index in [0.29, 0.717) is 17.8 Å². The van der Waals surface area contributed by atoms with Crippen LogP contribution in [0.3, 0.4) is 0 Å². The molecule has 166 valence electrons. The summed E-state index contributed by atoms with van der Waals surface area (Å²) in [6.07, 6.45) is 0. The summed E-state index contributed by atoms with van der Waals surface area (Å²) >= 11 is 0. The molecule has 0 unspecified atom stereocenters. The van der Waals surface area contributed by atoms with Crippen molar-refractivity contribution in [2.45, 2.75) is 18.4 Å². The second-order valence-corrected chi connectivity index (χ2v) is 9.38. The highest BCUT2D eigenvalue weighted by Gasteiger charge is 2.23. The normalized spacial score (nSPS) is 11.2. The number of nitrogens with one attached hydrogen (secondary N) is 2. The predicted octanol–water partition coefficient (Wildman–Crippen LogP) is 3.18. The van der Waals surface area contributed by atoms with E-state index in [0.717, 1.165) is 15.4 Å². The molecule has 7 nitrogen and oxygen atoms in total. The number of likely N-dealkylation sites (N-methyl/N-ethyl adjacent to an activating group) is 1. The van der Waals surface area contributed by atoms with Crippen molar-refractivity contribution in [3.63, 3.8) is 0 Å². The van der Waals surface area contributed by atoms with E-state index in [1.54, 1.807) is 42.5 Å². The molecule has 0 aromatic heterocycles. The number of hydrogen-bond donors (Lipinski definition) is 2. The topological polar surface area (TPSA) is 95.6 Å². The van der Waals surface area contributed by atoms with Gasteiger partial charge in [0.1, 0.15) is 0 Å². The van der Waals surface area contributed by atoms with Crippen LogP contribution in [0.2, 0.25) is 0 Å². The van der Waals surface area contributed by atoms with Gasteiger partial charge in [-0.2, -0.15) is 4.31 Å². The third-order valence-corrected chi connectivity index (χ3v) is 6.65. The highest BCUT2D eigenvalue weighted by atomic mass is 32.2. The summed E-state index contributed by atoms with van der Waals surface area (Å²) in [6.45, 7) is 1.94. The van der Waals surface area contributed by atoms with E-state index in [-0.39, 0.29) is 10.8 Å². The summed E-state index contributed by atoms with van der Waals surface area (Å²) in [5, 5.41) is 5.48. The number of amides is 2. The predicted molar refractivity (Wildman–Crippen MR) is 124 cm³/mol. The van der Waals surface area contributed by atoms with Crippen LogP contribution in [-0.4, -0.2) is 38.1 Å². The Bertz CT molecular complexity index is 1190. The molecule has 0 aliphatic rings. The zero-order valence-electron chi connectivity index (χ0n) is 17.9. The Morgan fingerprint density at radius 2 is 1.50 bits per heavy atom. The Balaban J connectivity index is 1.65. The van der Waals surface area contributed by atoms with Gasteiger partial charge in [-0.15, -0.1) is 0 Å². The summed E-state index contributed by atoms with van der Waals surface area (Å²) in [4.78, 5) is 25.3. The molecule has 3 aromatic carbocycles. The van der Waals surface area contributed by atoms with Crippen LogP contribution in [0.5, 0.6) is 0 Å². The number of benzene rings is 3. The van der Waals surface area contributed by atoms with Gasteiger partial charge >= 0.3 is 0 Å². The maximum atomic E-state index is 12.7. The molecule has 0 spiro atoms. The van der Waals surface area contributed by atoms with Crippen molar-refractivity contribution in [1.82, 2.24) is 9.62 Å². The van der Waals surface area contributed by atoms with Crippen LogP contribution in [0.15, 0.2) is 83.8 Å². The molecular formula is C24H25N3O4S. The van der Waals surface area contributed by atoms with Gasteiger partial charge in [0.2, 0.25) is 15.9 Å². The maximum Gasteiger partial charge on any atom is 0.253 e. The van der Waals surface area contributed by atoms with Crippen LogP contribution in [0, 0.1) is 6.92 Å². The molecule has 0 aliphatic heterocycles. The Morgan fingerprint density at radius 1 is 0.875 bits per heavy atom. The number of anilines is 1. The molecule has 2 amide bonds. The first-order valence-corrected chi connectivity index (χ1v) is 11.5. The summed E-state index contributed by atoms with van der Waals surface area (Å²) in [6, 6.07) is 22.3. The molecule has 0 atom stereocenters. The summed E-state index contributed by atoms with van der Waals surface area (Å²) in [5.41, 5.74) is 2.69. The van der Waals surface area contributed by atoms with Crippen molar-refractivity contribution in [1.29, 1.82) is 0 Å². The van der Waals surface area contributed by atoms with Crippen LogP contribution in [0.25, 0.3) is 0 Å². The second-order valence-electron chi connectivity index (χ2n) is 7.34. The Kier molecular flexibility index (Phi) is 7.40. The van der Waals surface area contributed by atoms with E-state index in [2.05, 4.69) is 10.6 Å². The molecule has 0 radical (unpaired) electrons. The highest BCUT2D eigenvalue weighted by Crippen LogP contribution is 2.17. The van der Waals surface area contributed by atoms with Crippen LogP contribution < -0.4 is 10.6 Å². The molecule has 3 rings (SSSR count). The lowest BCUT2D eigenvalue weighted by Gasteiger charge is -2.17. The zero-order valence-corrected chi connectivity index (χ0v) is 18.7. The molecule has 3 aromatic rings. The van der Waals surface area contributed by atoms with Crippen LogP contribution in [0.4, 0.5) is 5.69 Å².